The van der Waals surface area contributed by atoms with Crippen molar-refractivity contribution in [2.24, 2.45) is 0 Å². The van der Waals surface area contributed by atoms with E-state index in [1.807, 2.05) is 30.3 Å². The molecule has 0 saturated carbocycles. The smallest absolute Gasteiger partial charge is 0.273 e. The zero-order valence-corrected chi connectivity index (χ0v) is 12.2. The maximum Gasteiger partial charge on any atom is 0.273 e. The summed E-state index contributed by atoms with van der Waals surface area (Å²) in [5.74, 6) is 0.501. The van der Waals surface area contributed by atoms with Crippen LogP contribution in [0.5, 0.6) is 5.75 Å². The second-order valence-corrected chi connectivity index (χ2v) is 4.73. The van der Waals surface area contributed by atoms with Crippen LogP contribution in [0.4, 0.5) is 0 Å². The minimum Gasteiger partial charge on any atom is -0.482 e. The average molecular weight is 313 g/mol. The highest BCUT2D eigenvalue weighted by atomic mass is 16.5. The second kappa shape index (κ2) is 6.89. The van der Waals surface area contributed by atoms with Gasteiger partial charge in [-0.05, 0) is 12.1 Å². The lowest BCUT2D eigenvalue weighted by Gasteiger charge is -2.06. The third-order valence-electron chi connectivity index (χ3n) is 3.13. The number of pyridine rings is 1. The van der Waals surface area contributed by atoms with Crippen LogP contribution in [0.1, 0.15) is 16.4 Å². The lowest BCUT2D eigenvalue weighted by atomic mass is 10.2. The Morgan fingerprint density at radius 1 is 1.30 bits per heavy atom. The highest BCUT2D eigenvalue weighted by molar-refractivity contribution is 5.91. The fourth-order valence-electron chi connectivity index (χ4n) is 2.07. The van der Waals surface area contributed by atoms with Crippen LogP contribution in [-0.4, -0.2) is 34.1 Å². The lowest BCUT2D eigenvalue weighted by Crippen LogP contribution is -2.26. The van der Waals surface area contributed by atoms with Gasteiger partial charge in [-0.1, -0.05) is 18.2 Å². The number of ether oxygens (including phenoxy) is 1. The zero-order valence-electron chi connectivity index (χ0n) is 12.2. The van der Waals surface area contributed by atoms with Gasteiger partial charge in [-0.25, -0.2) is 4.98 Å². The Bertz CT molecular complexity index is 810. The first-order valence-corrected chi connectivity index (χ1v) is 7.08. The number of carbonyl (C=O) groups is 1. The number of fused-ring (bicyclic) bond motifs is 1. The van der Waals surface area contributed by atoms with E-state index in [9.17, 15) is 4.79 Å². The molecule has 1 amide bonds. The van der Waals surface area contributed by atoms with E-state index < -0.39 is 5.91 Å². The summed E-state index contributed by atoms with van der Waals surface area (Å²) < 4.78 is 10.9. The van der Waals surface area contributed by atoms with Gasteiger partial charge in [0, 0.05) is 18.1 Å². The molecule has 0 spiro atoms. The standard InChI is InChI=1S/C16H15N3O4/c20-8-7-18-16(21)12-9-23-14(19-12)10-22-13-5-1-3-11-4-2-6-17-15(11)13/h1-6,9,20H,7-8,10H2,(H,18,21). The van der Waals surface area contributed by atoms with Crippen molar-refractivity contribution in [2.45, 2.75) is 6.61 Å². The molecule has 2 heterocycles. The summed E-state index contributed by atoms with van der Waals surface area (Å²) in [7, 11) is 0. The van der Waals surface area contributed by atoms with E-state index in [0.29, 0.717) is 5.75 Å². The van der Waals surface area contributed by atoms with Gasteiger partial charge < -0.3 is 19.6 Å². The monoisotopic (exact) mass is 313 g/mol. The number of aliphatic hydroxyl groups is 1. The van der Waals surface area contributed by atoms with Gasteiger partial charge in [-0.2, -0.15) is 0 Å². The number of hydrogen-bond donors (Lipinski definition) is 2. The predicted molar refractivity (Wildman–Crippen MR) is 82.0 cm³/mol. The topological polar surface area (TPSA) is 97.5 Å². The quantitative estimate of drug-likeness (QED) is 0.716. The minimum atomic E-state index is -0.402. The summed E-state index contributed by atoms with van der Waals surface area (Å²) >= 11 is 0. The van der Waals surface area contributed by atoms with Crippen LogP contribution in [0.3, 0.4) is 0 Å². The first-order valence-electron chi connectivity index (χ1n) is 7.08. The van der Waals surface area contributed by atoms with Gasteiger partial charge in [-0.15, -0.1) is 0 Å². The van der Waals surface area contributed by atoms with Crippen molar-refractivity contribution in [3.8, 4) is 5.75 Å². The molecule has 0 aliphatic carbocycles. The number of para-hydroxylation sites is 1. The molecule has 0 saturated heterocycles. The molecule has 3 aromatic rings. The van der Waals surface area contributed by atoms with Crippen LogP contribution in [0.15, 0.2) is 47.2 Å². The molecule has 0 atom stereocenters. The Balaban J connectivity index is 1.68. The highest BCUT2D eigenvalue weighted by Gasteiger charge is 2.12. The van der Waals surface area contributed by atoms with E-state index in [4.69, 9.17) is 14.3 Å². The number of benzene rings is 1. The number of aromatic nitrogens is 2. The van der Waals surface area contributed by atoms with Crippen LogP contribution in [0, 0.1) is 0 Å². The molecule has 0 aliphatic rings. The van der Waals surface area contributed by atoms with Gasteiger partial charge in [-0.3, -0.25) is 9.78 Å². The van der Waals surface area contributed by atoms with E-state index in [1.165, 1.54) is 6.26 Å². The second-order valence-electron chi connectivity index (χ2n) is 4.73. The van der Waals surface area contributed by atoms with E-state index in [0.717, 1.165) is 10.9 Å². The molecule has 3 rings (SSSR count). The highest BCUT2D eigenvalue weighted by Crippen LogP contribution is 2.23. The van der Waals surface area contributed by atoms with E-state index in [1.54, 1.807) is 6.20 Å². The molecule has 7 heteroatoms. The van der Waals surface area contributed by atoms with E-state index >= 15 is 0 Å². The van der Waals surface area contributed by atoms with Crippen LogP contribution in [-0.2, 0) is 6.61 Å². The Labute approximate surface area is 131 Å². The summed E-state index contributed by atoms with van der Waals surface area (Å²) in [5, 5.41) is 12.2. The first kappa shape index (κ1) is 15.0. The maximum atomic E-state index is 11.7. The van der Waals surface area contributed by atoms with Crippen LogP contribution >= 0.6 is 0 Å². The number of nitrogens with one attached hydrogen (secondary N) is 1. The zero-order chi connectivity index (χ0) is 16.1. The molecule has 23 heavy (non-hydrogen) atoms. The number of oxazole rings is 1. The molecule has 118 valence electrons. The average Bonchev–Trinajstić information content (AvgIpc) is 3.07. The Kier molecular flexibility index (Phi) is 4.49. The summed E-state index contributed by atoms with van der Waals surface area (Å²) in [4.78, 5) is 20.0. The van der Waals surface area contributed by atoms with Gasteiger partial charge in [0.05, 0.1) is 6.61 Å². The molecule has 7 nitrogen and oxygen atoms in total. The molecule has 0 aliphatic heterocycles. The first-order chi connectivity index (χ1) is 11.3. The van der Waals surface area contributed by atoms with Gasteiger partial charge in [0.25, 0.3) is 5.91 Å². The molecule has 0 bridgehead atoms. The number of hydrogen-bond acceptors (Lipinski definition) is 6. The maximum absolute atomic E-state index is 11.7. The van der Waals surface area contributed by atoms with Gasteiger partial charge in [0.15, 0.2) is 12.3 Å². The van der Waals surface area contributed by atoms with Crippen LogP contribution in [0.25, 0.3) is 10.9 Å². The largest absolute Gasteiger partial charge is 0.482 e. The van der Waals surface area contributed by atoms with Crippen molar-refractivity contribution in [2.75, 3.05) is 13.2 Å². The summed E-state index contributed by atoms with van der Waals surface area (Å²) in [6.07, 6.45) is 2.96. The van der Waals surface area contributed by atoms with Gasteiger partial charge in [0.1, 0.15) is 17.5 Å². The van der Waals surface area contributed by atoms with Crippen molar-refractivity contribution in [1.29, 1.82) is 0 Å². The Hall–Kier alpha value is -2.93. The number of aliphatic hydroxyl groups excluding tert-OH is 1. The fraction of sp³-hybridized carbons (Fsp3) is 0.188. The molecular weight excluding hydrogens is 298 g/mol. The van der Waals surface area contributed by atoms with Crippen molar-refractivity contribution >= 4 is 16.8 Å². The van der Waals surface area contributed by atoms with E-state index in [-0.39, 0.29) is 31.3 Å². The number of nitrogens with zero attached hydrogens (tertiary/aromatic N) is 2. The van der Waals surface area contributed by atoms with Crippen molar-refractivity contribution < 1.29 is 19.1 Å². The van der Waals surface area contributed by atoms with E-state index in [2.05, 4.69) is 15.3 Å². The normalized spacial score (nSPS) is 10.7. The number of carbonyl (C=O) groups excluding carboxylic acids is 1. The van der Waals surface area contributed by atoms with Crippen molar-refractivity contribution in [1.82, 2.24) is 15.3 Å². The van der Waals surface area contributed by atoms with Crippen LogP contribution in [0.2, 0.25) is 0 Å². The van der Waals surface area contributed by atoms with Gasteiger partial charge >= 0.3 is 0 Å². The third kappa shape index (κ3) is 3.46. The molecule has 0 fully saturated rings. The molecular formula is C16H15N3O4. The number of rotatable bonds is 6. The SMILES string of the molecule is O=C(NCCO)c1coc(COc2cccc3cccnc23)n1. The molecule has 0 radical (unpaired) electrons. The third-order valence-corrected chi connectivity index (χ3v) is 3.13. The fourth-order valence-corrected chi connectivity index (χ4v) is 2.07. The molecule has 2 N–H and O–H groups in total. The Morgan fingerprint density at radius 3 is 3.04 bits per heavy atom. The Morgan fingerprint density at radius 2 is 2.17 bits per heavy atom. The summed E-state index contributed by atoms with van der Waals surface area (Å²) in [6.45, 7) is 0.121. The number of amides is 1. The summed E-state index contributed by atoms with van der Waals surface area (Å²) in [6, 6.07) is 9.45. The minimum absolute atomic E-state index is 0.0863. The molecule has 2 aromatic heterocycles. The van der Waals surface area contributed by atoms with Gasteiger partial charge in [0.2, 0.25) is 5.89 Å². The molecule has 1 aromatic carbocycles. The molecule has 0 unspecified atom stereocenters. The predicted octanol–water partition coefficient (Wildman–Crippen LogP) is 1.52. The van der Waals surface area contributed by atoms with Crippen molar-refractivity contribution in [3.63, 3.8) is 0 Å². The van der Waals surface area contributed by atoms with Crippen molar-refractivity contribution in [3.05, 3.63) is 54.4 Å². The summed E-state index contributed by atoms with van der Waals surface area (Å²) in [5.41, 5.74) is 0.899. The lowest BCUT2D eigenvalue weighted by molar-refractivity contribution is 0.0939. The van der Waals surface area contributed by atoms with Crippen LogP contribution < -0.4 is 10.1 Å².